The number of thiazole rings is 1. The van der Waals surface area contributed by atoms with Crippen LogP contribution in [0.1, 0.15) is 60.6 Å². The molecule has 1 unspecified atom stereocenters. The van der Waals surface area contributed by atoms with Crippen molar-refractivity contribution >= 4 is 28.0 Å². The molecular formula is C20H21N3OS. The summed E-state index contributed by atoms with van der Waals surface area (Å²) in [6.45, 7) is 7.78. The average Bonchev–Trinajstić information content (AvgIpc) is 3.15. The standard InChI is InChI=1S/C20H21N3OS/c1-5-6-12(2)23-11-16(10-21)17-9-15(7-8-18(17)23)20-22-13(3)19(25-20)14(4)24/h7-9,11-12H,5-6H2,1-4H3. The third kappa shape index (κ3) is 3.10. The van der Waals surface area contributed by atoms with E-state index >= 15 is 0 Å². The largest absolute Gasteiger partial charge is 0.343 e. The van der Waals surface area contributed by atoms with Crippen LogP contribution in [-0.2, 0) is 0 Å². The van der Waals surface area contributed by atoms with Crippen LogP contribution in [0.2, 0.25) is 0 Å². The first-order valence-corrected chi connectivity index (χ1v) is 9.31. The van der Waals surface area contributed by atoms with Crippen molar-refractivity contribution in [2.45, 2.75) is 46.6 Å². The monoisotopic (exact) mass is 351 g/mol. The first-order valence-electron chi connectivity index (χ1n) is 8.49. The van der Waals surface area contributed by atoms with Gasteiger partial charge in [0.25, 0.3) is 0 Å². The lowest BCUT2D eigenvalue weighted by atomic mass is 10.1. The minimum absolute atomic E-state index is 0.0413. The van der Waals surface area contributed by atoms with Gasteiger partial charge in [-0.3, -0.25) is 4.79 Å². The maximum absolute atomic E-state index is 11.7. The van der Waals surface area contributed by atoms with E-state index in [0.717, 1.165) is 40.0 Å². The molecule has 4 nitrogen and oxygen atoms in total. The van der Waals surface area contributed by atoms with E-state index in [1.54, 1.807) is 6.92 Å². The molecule has 0 fully saturated rings. The first kappa shape index (κ1) is 17.4. The highest BCUT2D eigenvalue weighted by Gasteiger charge is 2.16. The second-order valence-corrected chi connectivity index (χ2v) is 7.42. The molecule has 1 aromatic carbocycles. The van der Waals surface area contributed by atoms with E-state index in [1.165, 1.54) is 11.3 Å². The fraction of sp³-hybridized carbons (Fsp3) is 0.350. The molecule has 3 aromatic rings. The third-order valence-corrected chi connectivity index (χ3v) is 5.81. The number of ketones is 1. The Kier molecular flexibility index (Phi) is 4.73. The SMILES string of the molecule is CCCC(C)n1cc(C#N)c2cc(-c3nc(C)c(C(C)=O)s3)ccc21. The minimum Gasteiger partial charge on any atom is -0.343 e. The lowest BCUT2D eigenvalue weighted by Crippen LogP contribution is -2.02. The van der Waals surface area contributed by atoms with Crippen molar-refractivity contribution in [1.82, 2.24) is 9.55 Å². The Labute approximate surface area is 151 Å². The van der Waals surface area contributed by atoms with Crippen LogP contribution in [0.5, 0.6) is 0 Å². The van der Waals surface area contributed by atoms with Gasteiger partial charge in [-0.2, -0.15) is 5.26 Å². The highest BCUT2D eigenvalue weighted by molar-refractivity contribution is 7.17. The zero-order valence-corrected chi connectivity index (χ0v) is 15.8. The van der Waals surface area contributed by atoms with Crippen molar-refractivity contribution in [3.8, 4) is 16.6 Å². The van der Waals surface area contributed by atoms with Crippen LogP contribution in [0.25, 0.3) is 21.5 Å². The van der Waals surface area contributed by atoms with E-state index in [1.807, 2.05) is 25.3 Å². The number of rotatable bonds is 5. The third-order valence-electron chi connectivity index (χ3n) is 4.50. The van der Waals surface area contributed by atoms with Crippen molar-refractivity contribution in [1.29, 1.82) is 5.26 Å². The lowest BCUT2D eigenvalue weighted by molar-refractivity contribution is 0.102. The molecule has 0 saturated heterocycles. The van der Waals surface area contributed by atoms with Crippen LogP contribution in [0.15, 0.2) is 24.4 Å². The van der Waals surface area contributed by atoms with Gasteiger partial charge in [-0.05, 0) is 38.5 Å². The Morgan fingerprint density at radius 2 is 2.20 bits per heavy atom. The number of aryl methyl sites for hydroxylation is 1. The molecule has 2 aromatic heterocycles. The summed E-state index contributed by atoms with van der Waals surface area (Å²) in [5, 5.41) is 11.3. The second-order valence-electron chi connectivity index (χ2n) is 6.42. The summed E-state index contributed by atoms with van der Waals surface area (Å²) in [6.07, 6.45) is 4.12. The van der Waals surface area contributed by atoms with Crippen molar-refractivity contribution < 1.29 is 4.79 Å². The van der Waals surface area contributed by atoms with Gasteiger partial charge in [-0.25, -0.2) is 4.98 Å². The van der Waals surface area contributed by atoms with E-state index in [2.05, 4.69) is 35.5 Å². The fourth-order valence-electron chi connectivity index (χ4n) is 3.25. The number of nitrogens with zero attached hydrogens (tertiary/aromatic N) is 3. The molecule has 0 aliphatic heterocycles. The second kappa shape index (κ2) is 6.81. The van der Waals surface area contributed by atoms with Crippen LogP contribution in [0.4, 0.5) is 0 Å². The molecule has 25 heavy (non-hydrogen) atoms. The molecule has 3 rings (SSSR count). The van der Waals surface area contributed by atoms with Crippen LogP contribution in [0.3, 0.4) is 0 Å². The van der Waals surface area contributed by atoms with Crippen LogP contribution in [-0.4, -0.2) is 15.3 Å². The van der Waals surface area contributed by atoms with E-state index < -0.39 is 0 Å². The van der Waals surface area contributed by atoms with Gasteiger partial charge < -0.3 is 4.57 Å². The molecule has 128 valence electrons. The van der Waals surface area contributed by atoms with Crippen molar-refractivity contribution in [2.75, 3.05) is 0 Å². The number of hydrogen-bond donors (Lipinski definition) is 0. The van der Waals surface area contributed by atoms with Gasteiger partial charge in [0.05, 0.1) is 16.1 Å². The maximum Gasteiger partial charge on any atom is 0.171 e. The molecular weight excluding hydrogens is 330 g/mol. The van der Waals surface area contributed by atoms with Gasteiger partial charge in [0.15, 0.2) is 5.78 Å². The summed E-state index contributed by atoms with van der Waals surface area (Å²) in [5.74, 6) is 0.0413. The molecule has 0 spiro atoms. The van der Waals surface area contributed by atoms with Crippen LogP contribution < -0.4 is 0 Å². The average molecular weight is 351 g/mol. The summed E-state index contributed by atoms with van der Waals surface area (Å²) < 4.78 is 2.19. The molecule has 0 N–H and O–H groups in total. The molecule has 0 aliphatic rings. The number of carbonyl (C=O) groups is 1. The molecule has 0 amide bonds. The van der Waals surface area contributed by atoms with E-state index in [9.17, 15) is 10.1 Å². The van der Waals surface area contributed by atoms with Crippen LogP contribution >= 0.6 is 11.3 Å². The molecule has 2 heterocycles. The van der Waals surface area contributed by atoms with Crippen molar-refractivity contribution in [2.24, 2.45) is 0 Å². The molecule has 1 atom stereocenters. The highest BCUT2D eigenvalue weighted by atomic mass is 32.1. The van der Waals surface area contributed by atoms with E-state index in [-0.39, 0.29) is 5.78 Å². The zero-order chi connectivity index (χ0) is 18.1. The van der Waals surface area contributed by atoms with E-state index in [0.29, 0.717) is 16.5 Å². The zero-order valence-electron chi connectivity index (χ0n) is 15.0. The molecule has 0 saturated carbocycles. The molecule has 0 radical (unpaired) electrons. The quantitative estimate of drug-likeness (QED) is 0.570. The number of Topliss-reactive ketones (excluding diaryl/α,β-unsaturated/α-hetero) is 1. The number of carbonyl (C=O) groups excluding carboxylic acids is 1. The van der Waals surface area contributed by atoms with Gasteiger partial charge in [0, 0.05) is 35.6 Å². The Bertz CT molecular complexity index is 990. The summed E-state index contributed by atoms with van der Waals surface area (Å²) in [7, 11) is 0. The minimum atomic E-state index is 0.0413. The number of aromatic nitrogens is 2. The smallest absolute Gasteiger partial charge is 0.171 e. The number of fused-ring (bicyclic) bond motifs is 1. The Hall–Kier alpha value is -2.45. The fourth-order valence-corrected chi connectivity index (χ4v) is 4.20. The number of nitriles is 1. The number of hydrogen-bond acceptors (Lipinski definition) is 4. The number of benzene rings is 1. The predicted octanol–water partition coefficient (Wildman–Crippen LogP) is 5.51. The summed E-state index contributed by atoms with van der Waals surface area (Å²) in [4.78, 5) is 16.9. The summed E-state index contributed by atoms with van der Waals surface area (Å²) in [5.41, 5.74) is 3.47. The first-order chi connectivity index (χ1) is 12.0. The van der Waals surface area contributed by atoms with Gasteiger partial charge in [-0.15, -0.1) is 11.3 Å². The lowest BCUT2D eigenvalue weighted by Gasteiger charge is -2.14. The maximum atomic E-state index is 11.7. The van der Waals surface area contributed by atoms with Crippen molar-refractivity contribution in [3.63, 3.8) is 0 Å². The van der Waals surface area contributed by atoms with Gasteiger partial charge in [0.1, 0.15) is 11.1 Å². The Morgan fingerprint density at radius 3 is 2.80 bits per heavy atom. The normalized spacial score (nSPS) is 12.3. The van der Waals surface area contributed by atoms with Gasteiger partial charge >= 0.3 is 0 Å². The highest BCUT2D eigenvalue weighted by Crippen LogP contribution is 2.33. The Morgan fingerprint density at radius 1 is 1.44 bits per heavy atom. The topological polar surface area (TPSA) is 58.7 Å². The molecule has 5 heteroatoms. The summed E-state index contributed by atoms with van der Waals surface area (Å²) in [6, 6.07) is 8.77. The molecule has 0 bridgehead atoms. The predicted molar refractivity (Wildman–Crippen MR) is 102 cm³/mol. The van der Waals surface area contributed by atoms with Gasteiger partial charge in [-0.1, -0.05) is 13.3 Å². The molecule has 0 aliphatic carbocycles. The van der Waals surface area contributed by atoms with Crippen LogP contribution in [0, 0.1) is 18.3 Å². The summed E-state index contributed by atoms with van der Waals surface area (Å²) >= 11 is 1.41. The van der Waals surface area contributed by atoms with Crippen molar-refractivity contribution in [3.05, 3.63) is 40.5 Å². The van der Waals surface area contributed by atoms with Gasteiger partial charge in [0.2, 0.25) is 0 Å². The van der Waals surface area contributed by atoms with E-state index in [4.69, 9.17) is 0 Å². The Balaban J connectivity index is 2.13.